The molecule has 3 rings (SSSR count). The summed E-state index contributed by atoms with van der Waals surface area (Å²) in [4.78, 5) is 25.9. The number of benzene rings is 2. The number of cyclic esters (lactones) is 1. The van der Waals surface area contributed by atoms with Gasteiger partial charge in [-0.25, -0.2) is 9.69 Å². The lowest BCUT2D eigenvalue weighted by Gasteiger charge is -2.40. The third kappa shape index (κ3) is 6.22. The number of imide groups is 1. The molecule has 0 aromatic heterocycles. The number of hydrogen-bond acceptors (Lipinski definition) is 3. The predicted octanol–water partition coefficient (Wildman–Crippen LogP) is 8.18. The van der Waals surface area contributed by atoms with E-state index in [4.69, 9.17) is 4.74 Å². The van der Waals surface area contributed by atoms with Crippen LogP contribution in [0, 0.1) is 0 Å². The van der Waals surface area contributed by atoms with Gasteiger partial charge in [0.05, 0.1) is 6.04 Å². The lowest BCUT2D eigenvalue weighted by Crippen LogP contribution is -2.70. The number of carbonyl (C=O) groups is 2. The van der Waals surface area contributed by atoms with Gasteiger partial charge >= 0.3 is 41.9 Å². The van der Waals surface area contributed by atoms with Crippen molar-refractivity contribution >= 4 is 18.1 Å². The molecule has 2 aromatic rings. The number of ether oxygens (including phenoxy) is 1. The van der Waals surface area contributed by atoms with E-state index in [2.05, 4.69) is 0 Å². The molecule has 4 nitrogen and oxygen atoms in total. The Hall–Kier alpha value is -3.79. The SMILES string of the molecule is O=C(/C=C/c1ccccc1)N1C(=O)O[C@H](CCC(F)(F)C(F)(F)C(F)(F)C(F)(F)C(F)(F)C(F)(F)F)[C@@H]1Cc1ccccc1. The van der Waals surface area contributed by atoms with Crippen molar-refractivity contribution < 1.29 is 71.4 Å². The van der Waals surface area contributed by atoms with E-state index in [1.54, 1.807) is 36.4 Å². The minimum Gasteiger partial charge on any atom is -0.444 e. The summed E-state index contributed by atoms with van der Waals surface area (Å²) >= 11 is 0. The first-order valence-electron chi connectivity index (χ1n) is 12.3. The molecule has 0 N–H and O–H groups in total. The molecule has 2 atom stereocenters. The van der Waals surface area contributed by atoms with Gasteiger partial charge in [0.15, 0.2) is 0 Å². The van der Waals surface area contributed by atoms with E-state index in [0.29, 0.717) is 16.0 Å². The molecule has 0 saturated carbocycles. The van der Waals surface area contributed by atoms with Crippen LogP contribution in [-0.4, -0.2) is 64.8 Å². The molecule has 1 aliphatic rings. The maximum Gasteiger partial charge on any atom is 0.460 e. The zero-order chi connectivity index (χ0) is 33.4. The summed E-state index contributed by atoms with van der Waals surface area (Å²) in [5.74, 6) is -38.7. The molecule has 1 heterocycles. The molecular formula is C27H20F13NO3. The molecular weight excluding hydrogens is 633 g/mol. The van der Waals surface area contributed by atoms with Crippen LogP contribution in [-0.2, 0) is 16.0 Å². The first-order valence-corrected chi connectivity index (χ1v) is 12.3. The van der Waals surface area contributed by atoms with Gasteiger partial charge < -0.3 is 4.74 Å². The molecule has 2 amide bonds. The van der Waals surface area contributed by atoms with Crippen molar-refractivity contribution in [2.75, 3.05) is 0 Å². The van der Waals surface area contributed by atoms with E-state index in [0.717, 1.165) is 6.08 Å². The minimum atomic E-state index is -8.02. The number of nitrogens with zero attached hydrogens (tertiary/aromatic N) is 1. The molecule has 1 aliphatic heterocycles. The lowest BCUT2D eigenvalue weighted by atomic mass is 9.90. The van der Waals surface area contributed by atoms with Gasteiger partial charge in [-0.1, -0.05) is 60.7 Å². The standard InChI is InChI=1S/C27H20F13NO3/c28-22(29,23(30,31)24(32,33)25(34,35)26(36,37)27(38,39)40)14-13-19-18(15-17-9-5-2-6-10-17)41(21(43)44-19)20(42)12-11-16-7-3-1-4-8-16/h1-12,18-19H,13-15H2/b12-11+/t18-,19+/m0/s1. The zero-order valence-corrected chi connectivity index (χ0v) is 21.8. The number of alkyl halides is 13. The normalized spacial score (nSPS) is 19.0. The van der Waals surface area contributed by atoms with Crippen LogP contribution < -0.4 is 0 Å². The van der Waals surface area contributed by atoms with Gasteiger partial charge in [0, 0.05) is 12.5 Å². The van der Waals surface area contributed by atoms with Crippen LogP contribution in [0.2, 0.25) is 0 Å². The summed E-state index contributed by atoms with van der Waals surface area (Å²) in [5.41, 5.74) is 0.809. The number of rotatable bonds is 11. The van der Waals surface area contributed by atoms with Crippen molar-refractivity contribution in [1.29, 1.82) is 0 Å². The average molecular weight is 653 g/mol. The molecule has 17 heteroatoms. The van der Waals surface area contributed by atoms with Gasteiger partial charge in [-0.05, 0) is 30.0 Å². The Kier molecular flexibility index (Phi) is 9.42. The fourth-order valence-electron chi connectivity index (χ4n) is 4.24. The maximum atomic E-state index is 14.5. The Morgan fingerprint density at radius 1 is 0.727 bits per heavy atom. The topological polar surface area (TPSA) is 46.6 Å². The Morgan fingerprint density at radius 3 is 1.75 bits per heavy atom. The van der Waals surface area contributed by atoms with Gasteiger partial charge in [0.1, 0.15) is 6.10 Å². The Bertz CT molecular complexity index is 1350. The van der Waals surface area contributed by atoms with E-state index in [1.807, 2.05) is 0 Å². The van der Waals surface area contributed by atoms with Crippen molar-refractivity contribution in [3.05, 3.63) is 77.9 Å². The van der Waals surface area contributed by atoms with Gasteiger partial charge in [0.2, 0.25) is 0 Å². The highest BCUT2D eigenvalue weighted by molar-refractivity contribution is 6.02. The molecule has 0 radical (unpaired) electrons. The Morgan fingerprint density at radius 2 is 1.23 bits per heavy atom. The Labute approximate surface area is 240 Å². The van der Waals surface area contributed by atoms with Gasteiger partial charge in [0.25, 0.3) is 5.91 Å². The van der Waals surface area contributed by atoms with Crippen LogP contribution in [0.3, 0.4) is 0 Å². The Balaban J connectivity index is 1.89. The predicted molar refractivity (Wildman–Crippen MR) is 127 cm³/mol. The third-order valence-corrected chi connectivity index (χ3v) is 6.69. The van der Waals surface area contributed by atoms with Crippen LogP contribution in [0.1, 0.15) is 24.0 Å². The second-order valence-electron chi connectivity index (χ2n) is 9.67. The number of amides is 2. The van der Waals surface area contributed by atoms with Gasteiger partial charge in [-0.15, -0.1) is 0 Å². The smallest absolute Gasteiger partial charge is 0.444 e. The lowest BCUT2D eigenvalue weighted by molar-refractivity contribution is -0.440. The minimum absolute atomic E-state index is 0.336. The monoisotopic (exact) mass is 653 g/mol. The summed E-state index contributed by atoms with van der Waals surface area (Å²) in [5, 5.41) is 0. The number of carbonyl (C=O) groups excluding carboxylic acids is 2. The molecule has 2 aromatic carbocycles. The molecule has 1 fully saturated rings. The summed E-state index contributed by atoms with van der Waals surface area (Å²) in [6, 6.07) is 13.8. The van der Waals surface area contributed by atoms with E-state index < -0.39 is 72.8 Å². The van der Waals surface area contributed by atoms with Crippen molar-refractivity contribution in [1.82, 2.24) is 4.90 Å². The first kappa shape index (κ1) is 34.7. The molecule has 0 aliphatic carbocycles. The van der Waals surface area contributed by atoms with Crippen LogP contribution in [0.25, 0.3) is 6.08 Å². The van der Waals surface area contributed by atoms with Crippen molar-refractivity contribution in [3.63, 3.8) is 0 Å². The van der Waals surface area contributed by atoms with Gasteiger partial charge in [-0.2, -0.15) is 57.1 Å². The highest BCUT2D eigenvalue weighted by Crippen LogP contribution is 2.60. The van der Waals surface area contributed by atoms with E-state index >= 15 is 0 Å². The molecule has 242 valence electrons. The second-order valence-corrected chi connectivity index (χ2v) is 9.67. The molecule has 0 spiro atoms. The highest BCUT2D eigenvalue weighted by atomic mass is 19.4. The molecule has 0 bridgehead atoms. The van der Waals surface area contributed by atoms with Crippen LogP contribution in [0.15, 0.2) is 66.7 Å². The fourth-order valence-corrected chi connectivity index (χ4v) is 4.24. The fraction of sp³-hybridized carbons (Fsp3) is 0.407. The second kappa shape index (κ2) is 12.0. The maximum absolute atomic E-state index is 14.5. The molecule has 1 saturated heterocycles. The van der Waals surface area contributed by atoms with Crippen LogP contribution >= 0.6 is 0 Å². The van der Waals surface area contributed by atoms with Crippen molar-refractivity contribution in [3.8, 4) is 0 Å². The van der Waals surface area contributed by atoms with Crippen LogP contribution in [0.4, 0.5) is 61.9 Å². The highest BCUT2D eigenvalue weighted by Gasteiger charge is 2.90. The third-order valence-electron chi connectivity index (χ3n) is 6.69. The number of halogens is 13. The van der Waals surface area contributed by atoms with E-state index in [-0.39, 0.29) is 6.42 Å². The zero-order valence-electron chi connectivity index (χ0n) is 21.8. The average Bonchev–Trinajstić information content (AvgIpc) is 3.25. The summed E-state index contributed by atoms with van der Waals surface area (Å²) in [6.45, 7) is 0. The summed E-state index contributed by atoms with van der Waals surface area (Å²) < 4.78 is 180. The van der Waals surface area contributed by atoms with Gasteiger partial charge in [-0.3, -0.25) is 4.79 Å². The quantitative estimate of drug-likeness (QED) is 0.182. The molecule has 44 heavy (non-hydrogen) atoms. The number of hydrogen-bond donors (Lipinski definition) is 0. The van der Waals surface area contributed by atoms with E-state index in [9.17, 15) is 66.7 Å². The van der Waals surface area contributed by atoms with Crippen molar-refractivity contribution in [2.24, 2.45) is 0 Å². The van der Waals surface area contributed by atoms with Crippen molar-refractivity contribution in [2.45, 2.75) is 67.2 Å². The summed E-state index contributed by atoms with van der Waals surface area (Å²) in [7, 11) is 0. The van der Waals surface area contributed by atoms with Crippen LogP contribution in [0.5, 0.6) is 0 Å². The largest absolute Gasteiger partial charge is 0.460 e. The van der Waals surface area contributed by atoms with E-state index in [1.165, 1.54) is 30.3 Å². The first-order chi connectivity index (χ1) is 20.1. The molecule has 0 unspecified atom stereocenters. The summed E-state index contributed by atoms with van der Waals surface area (Å²) in [6.07, 6.45) is -13.3.